The summed E-state index contributed by atoms with van der Waals surface area (Å²) in [6, 6.07) is 11.7. The van der Waals surface area contributed by atoms with E-state index in [-0.39, 0.29) is 0 Å². The van der Waals surface area contributed by atoms with Crippen LogP contribution in [-0.4, -0.2) is 27.5 Å². The molecule has 4 aromatic rings. The molecule has 25 heavy (non-hydrogen) atoms. The summed E-state index contributed by atoms with van der Waals surface area (Å²) in [5, 5.41) is 19.5. The number of aromatic nitrogens is 4. The highest BCUT2D eigenvalue weighted by Crippen LogP contribution is 2.29. The summed E-state index contributed by atoms with van der Waals surface area (Å²) >= 11 is 6.24. The predicted molar refractivity (Wildman–Crippen MR) is 94.7 cm³/mol. The summed E-state index contributed by atoms with van der Waals surface area (Å²) < 4.78 is 10.9. The molecule has 0 bridgehead atoms. The average molecular weight is 356 g/mol. The molecule has 0 amide bonds. The van der Waals surface area contributed by atoms with E-state index in [9.17, 15) is 0 Å². The Morgan fingerprint density at radius 2 is 2.16 bits per heavy atom. The lowest BCUT2D eigenvalue weighted by molar-refractivity contribution is 0.414. The molecule has 0 unspecified atom stereocenters. The number of H-pyrrole nitrogens is 1. The molecule has 2 heterocycles. The van der Waals surface area contributed by atoms with Gasteiger partial charge in [-0.05, 0) is 29.8 Å². The van der Waals surface area contributed by atoms with E-state index in [1.54, 1.807) is 19.4 Å². The highest BCUT2D eigenvalue weighted by molar-refractivity contribution is 6.35. The zero-order chi connectivity index (χ0) is 17.2. The predicted octanol–water partition coefficient (Wildman–Crippen LogP) is 3.89. The number of benzene rings is 2. The van der Waals surface area contributed by atoms with Gasteiger partial charge in [-0.25, -0.2) is 0 Å². The van der Waals surface area contributed by atoms with E-state index in [2.05, 4.69) is 25.7 Å². The molecule has 0 radical (unpaired) electrons. The highest BCUT2D eigenvalue weighted by atomic mass is 35.5. The maximum absolute atomic E-state index is 6.24. The molecule has 0 saturated carbocycles. The van der Waals surface area contributed by atoms with Crippen molar-refractivity contribution in [1.82, 2.24) is 20.4 Å². The number of anilines is 1. The summed E-state index contributed by atoms with van der Waals surface area (Å²) in [6.07, 6.45) is 1.70. The Morgan fingerprint density at radius 3 is 3.04 bits per heavy atom. The van der Waals surface area contributed by atoms with Gasteiger partial charge < -0.3 is 14.5 Å². The monoisotopic (exact) mass is 355 g/mol. The molecule has 0 aliphatic carbocycles. The molecule has 0 atom stereocenters. The number of fused-ring (bicyclic) bond motifs is 1. The maximum Gasteiger partial charge on any atom is 0.316 e. The molecule has 2 aromatic carbocycles. The lowest BCUT2D eigenvalue weighted by Crippen LogP contribution is -1.99. The van der Waals surface area contributed by atoms with Crippen molar-refractivity contribution >= 4 is 28.5 Å². The lowest BCUT2D eigenvalue weighted by Gasteiger charge is -2.04. The number of nitrogens with zero attached hydrogens (tertiary/aromatic N) is 3. The smallest absolute Gasteiger partial charge is 0.316 e. The van der Waals surface area contributed by atoms with Crippen LogP contribution in [0.25, 0.3) is 22.4 Å². The highest BCUT2D eigenvalue weighted by Gasteiger charge is 2.12. The van der Waals surface area contributed by atoms with Crippen molar-refractivity contribution in [3.05, 3.63) is 53.2 Å². The molecule has 0 fully saturated rings. The van der Waals surface area contributed by atoms with Gasteiger partial charge in [-0.15, -0.1) is 5.10 Å². The Morgan fingerprint density at radius 1 is 1.24 bits per heavy atom. The number of rotatable bonds is 5. The third-order valence-electron chi connectivity index (χ3n) is 3.75. The Kier molecular flexibility index (Phi) is 3.99. The van der Waals surface area contributed by atoms with Gasteiger partial charge in [0.25, 0.3) is 0 Å². The van der Waals surface area contributed by atoms with Crippen LogP contribution in [0.4, 0.5) is 6.01 Å². The van der Waals surface area contributed by atoms with Gasteiger partial charge in [-0.3, -0.25) is 5.10 Å². The van der Waals surface area contributed by atoms with Crippen molar-refractivity contribution in [3.63, 3.8) is 0 Å². The van der Waals surface area contributed by atoms with Crippen molar-refractivity contribution in [2.75, 3.05) is 12.4 Å². The zero-order valence-electron chi connectivity index (χ0n) is 13.3. The number of hydrogen-bond acceptors (Lipinski definition) is 6. The quantitative estimate of drug-likeness (QED) is 0.564. The summed E-state index contributed by atoms with van der Waals surface area (Å²) in [6.45, 7) is 0.542. The van der Waals surface area contributed by atoms with Crippen LogP contribution < -0.4 is 10.1 Å². The SMILES string of the molecule is COc1cccc(CNc2nnc(-c3cc(Cl)c4[nH]ncc4c3)o2)c1. The van der Waals surface area contributed by atoms with Crippen LogP contribution in [0.3, 0.4) is 0 Å². The third-order valence-corrected chi connectivity index (χ3v) is 4.05. The number of nitrogens with one attached hydrogen (secondary N) is 2. The lowest BCUT2D eigenvalue weighted by atomic mass is 10.1. The van der Waals surface area contributed by atoms with Crippen LogP contribution in [-0.2, 0) is 6.54 Å². The van der Waals surface area contributed by atoms with Crippen molar-refractivity contribution in [3.8, 4) is 17.2 Å². The molecular formula is C17H14ClN5O2. The number of aromatic amines is 1. The second-order valence-electron chi connectivity index (χ2n) is 5.41. The normalized spacial score (nSPS) is 11.0. The second-order valence-corrected chi connectivity index (χ2v) is 5.82. The number of ether oxygens (including phenoxy) is 1. The molecule has 0 aliphatic rings. The minimum Gasteiger partial charge on any atom is -0.497 e. The topological polar surface area (TPSA) is 88.9 Å². The van der Waals surface area contributed by atoms with Crippen LogP contribution in [0.2, 0.25) is 5.02 Å². The van der Waals surface area contributed by atoms with Crippen molar-refractivity contribution in [2.45, 2.75) is 6.54 Å². The molecule has 0 spiro atoms. The first-order valence-electron chi connectivity index (χ1n) is 7.56. The summed E-state index contributed by atoms with van der Waals surface area (Å²) in [5.41, 5.74) is 2.56. The van der Waals surface area contributed by atoms with E-state index in [0.29, 0.717) is 23.5 Å². The third kappa shape index (κ3) is 3.14. The number of halogens is 1. The standard InChI is InChI=1S/C17H14ClN5O2/c1-24-13-4-2-3-10(5-13)8-19-17-23-22-16(25-17)11-6-12-9-20-21-15(12)14(18)7-11/h2-7,9H,8H2,1H3,(H,19,23)(H,20,21). The fraction of sp³-hybridized carbons (Fsp3) is 0.118. The first-order valence-corrected chi connectivity index (χ1v) is 7.94. The molecule has 0 aliphatic heterocycles. The van der Waals surface area contributed by atoms with E-state index >= 15 is 0 Å². The molecule has 2 aromatic heterocycles. The van der Waals surface area contributed by atoms with Gasteiger partial charge >= 0.3 is 6.01 Å². The molecule has 4 rings (SSSR count). The Hall–Kier alpha value is -3.06. The van der Waals surface area contributed by atoms with Crippen molar-refractivity contribution < 1.29 is 9.15 Å². The molecular weight excluding hydrogens is 342 g/mol. The van der Waals surface area contributed by atoms with E-state index < -0.39 is 0 Å². The van der Waals surface area contributed by atoms with Gasteiger partial charge in [0.15, 0.2) is 0 Å². The Balaban J connectivity index is 1.53. The summed E-state index contributed by atoms with van der Waals surface area (Å²) in [7, 11) is 1.64. The largest absolute Gasteiger partial charge is 0.497 e. The second kappa shape index (κ2) is 6.45. The minimum absolute atomic E-state index is 0.334. The molecule has 0 saturated heterocycles. The maximum atomic E-state index is 6.24. The fourth-order valence-electron chi connectivity index (χ4n) is 2.51. The molecule has 2 N–H and O–H groups in total. The van der Waals surface area contributed by atoms with Gasteiger partial charge in [-0.1, -0.05) is 28.8 Å². The summed E-state index contributed by atoms with van der Waals surface area (Å²) in [5.74, 6) is 1.19. The van der Waals surface area contributed by atoms with Gasteiger partial charge in [0.2, 0.25) is 5.89 Å². The van der Waals surface area contributed by atoms with E-state index in [1.165, 1.54) is 0 Å². The first-order chi connectivity index (χ1) is 12.2. The van der Waals surface area contributed by atoms with Crippen LogP contribution in [0.5, 0.6) is 5.75 Å². The minimum atomic E-state index is 0.334. The van der Waals surface area contributed by atoms with Crippen LogP contribution in [0, 0.1) is 0 Å². The van der Waals surface area contributed by atoms with Gasteiger partial charge in [0.05, 0.1) is 23.8 Å². The summed E-state index contributed by atoms with van der Waals surface area (Å²) in [4.78, 5) is 0. The zero-order valence-corrected chi connectivity index (χ0v) is 14.0. The van der Waals surface area contributed by atoms with E-state index in [4.69, 9.17) is 20.8 Å². The van der Waals surface area contributed by atoms with Crippen LogP contribution in [0.1, 0.15) is 5.56 Å². The Bertz CT molecular complexity index is 1030. The molecule has 7 nitrogen and oxygen atoms in total. The van der Waals surface area contributed by atoms with Gasteiger partial charge in [0, 0.05) is 17.5 Å². The average Bonchev–Trinajstić information content (AvgIpc) is 3.29. The van der Waals surface area contributed by atoms with Gasteiger partial charge in [-0.2, -0.15) is 5.10 Å². The first kappa shape index (κ1) is 15.5. The van der Waals surface area contributed by atoms with Crippen molar-refractivity contribution in [1.29, 1.82) is 0 Å². The van der Waals surface area contributed by atoms with Gasteiger partial charge in [0.1, 0.15) is 5.75 Å². The van der Waals surface area contributed by atoms with E-state index in [1.807, 2.05) is 30.3 Å². The molecule has 126 valence electrons. The van der Waals surface area contributed by atoms with Crippen LogP contribution >= 0.6 is 11.6 Å². The van der Waals surface area contributed by atoms with E-state index in [0.717, 1.165) is 27.8 Å². The Labute approximate surface area is 148 Å². The van der Waals surface area contributed by atoms with Crippen LogP contribution in [0.15, 0.2) is 47.0 Å². The molecule has 8 heteroatoms. The number of methoxy groups -OCH3 is 1. The number of hydrogen-bond donors (Lipinski definition) is 2. The van der Waals surface area contributed by atoms with Crippen molar-refractivity contribution in [2.24, 2.45) is 0 Å². The fourth-order valence-corrected chi connectivity index (χ4v) is 2.78.